The zero-order valence-corrected chi connectivity index (χ0v) is 12.8. The Morgan fingerprint density at radius 1 is 1.38 bits per heavy atom. The minimum atomic E-state index is 0.0475. The van der Waals surface area contributed by atoms with Crippen LogP contribution in [0.3, 0.4) is 0 Å². The lowest BCUT2D eigenvalue weighted by molar-refractivity contribution is 0.827. The lowest BCUT2D eigenvalue weighted by Crippen LogP contribution is -2.18. The largest absolute Gasteiger partial charge is 0.389 e. The molecular weight excluding hydrogens is 280 g/mol. The van der Waals surface area contributed by atoms with E-state index in [1.165, 1.54) is 5.56 Å². The van der Waals surface area contributed by atoms with E-state index in [1.807, 2.05) is 18.2 Å². The molecular formula is C16H18N4S. The summed E-state index contributed by atoms with van der Waals surface area (Å²) in [5.74, 6) is 0.765. The van der Waals surface area contributed by atoms with Crippen molar-refractivity contribution in [3.8, 4) is 0 Å². The van der Waals surface area contributed by atoms with E-state index in [1.54, 1.807) is 6.20 Å². The van der Waals surface area contributed by atoms with Gasteiger partial charge in [-0.3, -0.25) is 4.98 Å². The topological polar surface area (TPSA) is 63.8 Å². The van der Waals surface area contributed by atoms with Gasteiger partial charge in [0.2, 0.25) is 0 Å². The highest BCUT2D eigenvalue weighted by Crippen LogP contribution is 2.27. The zero-order valence-electron chi connectivity index (χ0n) is 12.0. The van der Waals surface area contributed by atoms with Gasteiger partial charge in [0.1, 0.15) is 10.8 Å². The van der Waals surface area contributed by atoms with E-state index in [-0.39, 0.29) is 6.04 Å². The molecule has 0 spiro atoms. The first-order valence-electron chi connectivity index (χ1n) is 7.15. The first-order valence-corrected chi connectivity index (χ1v) is 7.56. The van der Waals surface area contributed by atoms with Crippen LogP contribution in [0.1, 0.15) is 41.9 Å². The molecule has 2 aromatic heterocycles. The van der Waals surface area contributed by atoms with Gasteiger partial charge in [-0.15, -0.1) is 0 Å². The molecule has 3 rings (SSSR count). The van der Waals surface area contributed by atoms with E-state index < -0.39 is 0 Å². The molecule has 0 aliphatic heterocycles. The van der Waals surface area contributed by atoms with Crippen LogP contribution < -0.4 is 11.1 Å². The summed E-state index contributed by atoms with van der Waals surface area (Å²) in [4.78, 5) is 9.48. The third-order valence-corrected chi connectivity index (χ3v) is 4.02. The first kappa shape index (κ1) is 13.9. The van der Waals surface area contributed by atoms with Crippen LogP contribution in [0.25, 0.3) is 0 Å². The van der Waals surface area contributed by atoms with Crippen molar-refractivity contribution in [1.82, 2.24) is 9.97 Å². The van der Waals surface area contributed by atoms with Gasteiger partial charge in [-0.25, -0.2) is 4.98 Å². The van der Waals surface area contributed by atoms with Crippen molar-refractivity contribution in [2.24, 2.45) is 5.73 Å². The monoisotopic (exact) mass is 298 g/mol. The van der Waals surface area contributed by atoms with E-state index in [0.717, 1.165) is 42.0 Å². The van der Waals surface area contributed by atoms with Crippen LogP contribution in [-0.4, -0.2) is 15.0 Å². The minimum Gasteiger partial charge on any atom is -0.389 e. The van der Waals surface area contributed by atoms with Gasteiger partial charge in [0.05, 0.1) is 17.3 Å². The van der Waals surface area contributed by atoms with Gasteiger partial charge in [-0.1, -0.05) is 18.3 Å². The van der Waals surface area contributed by atoms with E-state index in [9.17, 15) is 0 Å². The molecule has 1 aliphatic carbocycles. The summed E-state index contributed by atoms with van der Waals surface area (Å²) < 4.78 is 0. The lowest BCUT2D eigenvalue weighted by atomic mass is 10.1. The molecule has 0 saturated heterocycles. The molecule has 5 heteroatoms. The average Bonchev–Trinajstić information content (AvgIpc) is 2.94. The summed E-state index contributed by atoms with van der Waals surface area (Å²) in [6, 6.07) is 8.01. The highest BCUT2D eigenvalue weighted by atomic mass is 32.1. The maximum Gasteiger partial charge on any atom is 0.137 e. The Balaban J connectivity index is 1.93. The predicted octanol–water partition coefficient (Wildman–Crippen LogP) is 2.77. The first-order chi connectivity index (χ1) is 10.1. The number of pyridine rings is 2. The number of nitrogens with one attached hydrogen (secondary N) is 1. The second-order valence-corrected chi connectivity index (χ2v) is 5.77. The van der Waals surface area contributed by atoms with Gasteiger partial charge < -0.3 is 11.1 Å². The molecule has 3 N–H and O–H groups in total. The van der Waals surface area contributed by atoms with Crippen LogP contribution in [0.4, 0.5) is 5.82 Å². The van der Waals surface area contributed by atoms with Crippen molar-refractivity contribution >= 4 is 23.0 Å². The fraction of sp³-hybridized carbons (Fsp3) is 0.312. The number of hydrogen-bond acceptors (Lipinski definition) is 4. The minimum absolute atomic E-state index is 0.0475. The van der Waals surface area contributed by atoms with Gasteiger partial charge in [0.15, 0.2) is 0 Å². The molecule has 0 aromatic carbocycles. The van der Waals surface area contributed by atoms with Crippen molar-refractivity contribution in [1.29, 1.82) is 0 Å². The quantitative estimate of drug-likeness (QED) is 0.850. The second kappa shape index (κ2) is 5.77. The predicted molar refractivity (Wildman–Crippen MR) is 88.4 cm³/mol. The number of aromatic nitrogens is 2. The number of thiocarbonyl (C=S) groups is 1. The number of nitrogens with zero attached hydrogens (tertiary/aromatic N) is 2. The van der Waals surface area contributed by atoms with E-state index in [0.29, 0.717) is 4.99 Å². The van der Waals surface area contributed by atoms with Gasteiger partial charge in [-0.05, 0) is 49.9 Å². The summed E-state index contributed by atoms with van der Waals surface area (Å²) in [5, 5.41) is 3.40. The number of aryl methyl sites for hydroxylation is 2. The summed E-state index contributed by atoms with van der Waals surface area (Å²) in [7, 11) is 0. The highest BCUT2D eigenvalue weighted by molar-refractivity contribution is 7.80. The van der Waals surface area contributed by atoms with Crippen LogP contribution in [0, 0.1) is 0 Å². The second-order valence-electron chi connectivity index (χ2n) is 5.33. The summed E-state index contributed by atoms with van der Waals surface area (Å²) >= 11 is 5.17. The Morgan fingerprint density at radius 3 is 2.95 bits per heavy atom. The summed E-state index contributed by atoms with van der Waals surface area (Å²) in [6.07, 6.45) is 5.03. The smallest absolute Gasteiger partial charge is 0.137 e. The zero-order chi connectivity index (χ0) is 14.8. The van der Waals surface area contributed by atoms with E-state index >= 15 is 0 Å². The molecule has 21 heavy (non-hydrogen) atoms. The van der Waals surface area contributed by atoms with Gasteiger partial charge in [-0.2, -0.15) is 0 Å². The number of nitrogens with two attached hydrogens (primary N) is 1. The van der Waals surface area contributed by atoms with E-state index in [4.69, 9.17) is 22.9 Å². The number of anilines is 1. The van der Waals surface area contributed by atoms with Gasteiger partial charge in [0.25, 0.3) is 0 Å². The molecule has 2 heterocycles. The normalized spacial score (nSPS) is 14.5. The van der Waals surface area contributed by atoms with Crippen molar-refractivity contribution in [3.63, 3.8) is 0 Å². The molecule has 2 aromatic rings. The molecule has 1 unspecified atom stereocenters. The van der Waals surface area contributed by atoms with Gasteiger partial charge >= 0.3 is 0 Å². The van der Waals surface area contributed by atoms with Crippen molar-refractivity contribution < 1.29 is 0 Å². The molecule has 0 fully saturated rings. The molecule has 1 aliphatic rings. The lowest BCUT2D eigenvalue weighted by Gasteiger charge is -2.17. The number of rotatable bonds is 4. The van der Waals surface area contributed by atoms with Crippen LogP contribution in [0.2, 0.25) is 0 Å². The molecule has 0 radical (unpaired) electrons. The molecule has 1 atom stereocenters. The standard InChI is InChI=1S/C16H18N4S/c1-10(13-6-2-3-8-18-13)19-16-12(15(17)21)9-11-5-4-7-14(11)20-16/h2-3,6,8-10H,4-5,7H2,1H3,(H2,17,21)(H,19,20). The molecule has 0 saturated carbocycles. The maximum absolute atomic E-state index is 5.86. The number of fused-ring (bicyclic) bond motifs is 1. The van der Waals surface area contributed by atoms with Crippen LogP contribution in [0.15, 0.2) is 30.5 Å². The van der Waals surface area contributed by atoms with E-state index in [2.05, 4.69) is 23.3 Å². The van der Waals surface area contributed by atoms with Crippen LogP contribution in [-0.2, 0) is 12.8 Å². The average molecular weight is 298 g/mol. The van der Waals surface area contributed by atoms with Gasteiger partial charge in [0, 0.05) is 11.9 Å². The van der Waals surface area contributed by atoms with Crippen LogP contribution in [0.5, 0.6) is 0 Å². The molecule has 108 valence electrons. The Hall–Kier alpha value is -2.01. The van der Waals surface area contributed by atoms with Crippen molar-refractivity contribution in [2.75, 3.05) is 5.32 Å². The maximum atomic E-state index is 5.86. The Labute approximate surface area is 129 Å². The molecule has 4 nitrogen and oxygen atoms in total. The third-order valence-electron chi connectivity index (χ3n) is 3.80. The molecule has 0 amide bonds. The Morgan fingerprint density at radius 2 is 2.24 bits per heavy atom. The Kier molecular flexibility index (Phi) is 3.84. The molecule has 0 bridgehead atoms. The summed E-state index contributed by atoms with van der Waals surface area (Å²) in [5.41, 5.74) is 10.1. The SMILES string of the molecule is CC(Nc1nc2c(cc1C(N)=S)CCC2)c1ccccn1. The van der Waals surface area contributed by atoms with Crippen molar-refractivity contribution in [2.45, 2.75) is 32.2 Å². The van der Waals surface area contributed by atoms with Crippen LogP contribution >= 0.6 is 12.2 Å². The fourth-order valence-electron chi connectivity index (χ4n) is 2.68. The third kappa shape index (κ3) is 2.88. The fourth-order valence-corrected chi connectivity index (χ4v) is 2.84. The number of hydrogen-bond donors (Lipinski definition) is 2. The highest BCUT2D eigenvalue weighted by Gasteiger charge is 2.19. The Bertz CT molecular complexity index is 669. The summed E-state index contributed by atoms with van der Waals surface area (Å²) in [6.45, 7) is 2.06. The van der Waals surface area contributed by atoms with Crippen molar-refractivity contribution in [3.05, 3.63) is 53.0 Å².